The van der Waals surface area contributed by atoms with Crippen molar-refractivity contribution in [3.8, 4) is 11.5 Å². The van der Waals surface area contributed by atoms with Crippen molar-refractivity contribution in [3.63, 3.8) is 0 Å². The fourth-order valence-electron chi connectivity index (χ4n) is 2.34. The van der Waals surface area contributed by atoms with Gasteiger partial charge in [0.15, 0.2) is 11.5 Å². The quantitative estimate of drug-likeness (QED) is 0.820. The number of para-hydroxylation sites is 2. The molecule has 1 aromatic carbocycles. The van der Waals surface area contributed by atoms with Gasteiger partial charge in [0.05, 0.1) is 7.11 Å². The molecular formula is C15H23NO3. The molecule has 2 rings (SSSR count). The molecule has 1 aliphatic carbocycles. The highest BCUT2D eigenvalue weighted by Crippen LogP contribution is 2.33. The van der Waals surface area contributed by atoms with Crippen molar-refractivity contribution >= 4 is 0 Å². The van der Waals surface area contributed by atoms with Crippen LogP contribution < -0.4 is 14.8 Å². The molecule has 1 aliphatic rings. The molecule has 0 bridgehead atoms. The average Bonchev–Trinajstić information content (AvgIpc) is 2.43. The molecule has 4 nitrogen and oxygen atoms in total. The summed E-state index contributed by atoms with van der Waals surface area (Å²) in [6.07, 6.45) is 2.20. The van der Waals surface area contributed by atoms with Gasteiger partial charge in [-0.25, -0.2) is 0 Å². The fourth-order valence-corrected chi connectivity index (χ4v) is 2.34. The summed E-state index contributed by atoms with van der Waals surface area (Å²) in [4.78, 5) is 0. The van der Waals surface area contributed by atoms with Crippen LogP contribution in [0.15, 0.2) is 24.3 Å². The van der Waals surface area contributed by atoms with Crippen LogP contribution in [-0.4, -0.2) is 39.0 Å². The van der Waals surface area contributed by atoms with Crippen LogP contribution in [-0.2, 0) is 4.74 Å². The van der Waals surface area contributed by atoms with E-state index >= 15 is 0 Å². The highest BCUT2D eigenvalue weighted by atomic mass is 16.6. The number of hydrogen-bond donors (Lipinski definition) is 1. The predicted molar refractivity (Wildman–Crippen MR) is 74.9 cm³/mol. The summed E-state index contributed by atoms with van der Waals surface area (Å²) in [5.41, 5.74) is 0. The Morgan fingerprint density at radius 1 is 1.26 bits per heavy atom. The molecular weight excluding hydrogens is 242 g/mol. The Labute approximate surface area is 115 Å². The minimum absolute atomic E-state index is 0.0975. The van der Waals surface area contributed by atoms with Gasteiger partial charge in [0.1, 0.15) is 12.2 Å². The summed E-state index contributed by atoms with van der Waals surface area (Å²) >= 11 is 0. The Balaban J connectivity index is 1.98. The van der Waals surface area contributed by atoms with E-state index in [0.29, 0.717) is 6.04 Å². The van der Waals surface area contributed by atoms with Crippen LogP contribution in [0.4, 0.5) is 0 Å². The minimum atomic E-state index is 0.0975. The highest BCUT2D eigenvalue weighted by Gasteiger charge is 2.43. The molecule has 1 saturated carbocycles. The van der Waals surface area contributed by atoms with E-state index in [0.717, 1.165) is 30.9 Å². The largest absolute Gasteiger partial charge is 0.493 e. The molecule has 3 unspecified atom stereocenters. The van der Waals surface area contributed by atoms with Gasteiger partial charge in [0.25, 0.3) is 0 Å². The topological polar surface area (TPSA) is 39.7 Å². The second-order valence-corrected chi connectivity index (χ2v) is 4.77. The van der Waals surface area contributed by atoms with E-state index in [-0.39, 0.29) is 12.2 Å². The summed E-state index contributed by atoms with van der Waals surface area (Å²) in [6.45, 7) is 2.89. The van der Waals surface area contributed by atoms with Crippen molar-refractivity contribution in [2.24, 2.45) is 0 Å². The number of nitrogens with one attached hydrogen (secondary N) is 1. The maximum absolute atomic E-state index is 6.02. The molecule has 1 fully saturated rings. The van der Waals surface area contributed by atoms with Gasteiger partial charge in [-0.1, -0.05) is 19.1 Å². The lowest BCUT2D eigenvalue weighted by Crippen LogP contribution is -2.60. The Morgan fingerprint density at radius 3 is 2.63 bits per heavy atom. The molecule has 0 saturated heterocycles. The SMILES string of the molecule is CCCOC1C(NC)CC1Oc1ccccc1OC. The number of benzene rings is 1. The molecule has 0 aliphatic heterocycles. The Bertz CT molecular complexity index is 397. The second-order valence-electron chi connectivity index (χ2n) is 4.77. The number of methoxy groups -OCH3 is 1. The van der Waals surface area contributed by atoms with Crippen molar-refractivity contribution in [1.29, 1.82) is 0 Å². The molecule has 0 aromatic heterocycles. The Hall–Kier alpha value is -1.26. The lowest BCUT2D eigenvalue weighted by atomic mass is 9.85. The van der Waals surface area contributed by atoms with Gasteiger partial charge >= 0.3 is 0 Å². The zero-order valence-corrected chi connectivity index (χ0v) is 11.9. The monoisotopic (exact) mass is 265 g/mol. The van der Waals surface area contributed by atoms with Crippen LogP contribution in [0, 0.1) is 0 Å². The molecule has 0 spiro atoms. The van der Waals surface area contributed by atoms with Crippen molar-refractivity contribution in [1.82, 2.24) is 5.32 Å². The number of rotatable bonds is 7. The highest BCUT2D eigenvalue weighted by molar-refractivity contribution is 5.39. The van der Waals surface area contributed by atoms with Gasteiger partial charge in [-0.05, 0) is 25.6 Å². The average molecular weight is 265 g/mol. The van der Waals surface area contributed by atoms with Gasteiger partial charge in [-0.2, -0.15) is 0 Å². The third-order valence-electron chi connectivity index (χ3n) is 3.48. The molecule has 0 heterocycles. The molecule has 1 aromatic rings. The first-order valence-electron chi connectivity index (χ1n) is 6.88. The fraction of sp³-hybridized carbons (Fsp3) is 0.600. The zero-order valence-electron chi connectivity index (χ0n) is 11.9. The van der Waals surface area contributed by atoms with Crippen LogP contribution in [0.3, 0.4) is 0 Å². The van der Waals surface area contributed by atoms with E-state index in [2.05, 4.69) is 12.2 Å². The normalized spacial score (nSPS) is 25.7. The summed E-state index contributed by atoms with van der Waals surface area (Å²) in [6, 6.07) is 8.11. The molecule has 0 amide bonds. The first-order chi connectivity index (χ1) is 9.30. The smallest absolute Gasteiger partial charge is 0.161 e. The first kappa shape index (κ1) is 14.2. The van der Waals surface area contributed by atoms with Crippen LogP contribution in [0.1, 0.15) is 19.8 Å². The molecule has 0 radical (unpaired) electrons. The third kappa shape index (κ3) is 3.19. The minimum Gasteiger partial charge on any atom is -0.493 e. The van der Waals surface area contributed by atoms with E-state index < -0.39 is 0 Å². The zero-order chi connectivity index (χ0) is 13.7. The van der Waals surface area contributed by atoms with Crippen molar-refractivity contribution in [2.75, 3.05) is 20.8 Å². The van der Waals surface area contributed by atoms with Gasteiger partial charge in [-0.15, -0.1) is 0 Å². The van der Waals surface area contributed by atoms with Crippen molar-refractivity contribution in [3.05, 3.63) is 24.3 Å². The Kier molecular flexibility index (Phi) is 5.05. The van der Waals surface area contributed by atoms with Gasteiger partial charge in [0.2, 0.25) is 0 Å². The number of likely N-dealkylation sites (N-methyl/N-ethyl adjacent to an activating group) is 1. The van der Waals surface area contributed by atoms with Crippen LogP contribution in [0.2, 0.25) is 0 Å². The third-order valence-corrected chi connectivity index (χ3v) is 3.48. The van der Waals surface area contributed by atoms with Crippen LogP contribution in [0.5, 0.6) is 11.5 Å². The van der Waals surface area contributed by atoms with Gasteiger partial charge in [0, 0.05) is 19.1 Å². The second kappa shape index (κ2) is 6.78. The molecule has 1 N–H and O–H groups in total. The van der Waals surface area contributed by atoms with E-state index in [4.69, 9.17) is 14.2 Å². The summed E-state index contributed by atoms with van der Waals surface area (Å²) in [5, 5.41) is 3.27. The van der Waals surface area contributed by atoms with Crippen molar-refractivity contribution in [2.45, 2.75) is 38.0 Å². The van der Waals surface area contributed by atoms with Gasteiger partial charge < -0.3 is 19.5 Å². The van der Waals surface area contributed by atoms with Gasteiger partial charge in [-0.3, -0.25) is 0 Å². The lowest BCUT2D eigenvalue weighted by Gasteiger charge is -2.43. The van der Waals surface area contributed by atoms with E-state index in [1.54, 1.807) is 7.11 Å². The molecule has 106 valence electrons. The predicted octanol–water partition coefficient (Wildman–Crippen LogP) is 2.23. The first-order valence-corrected chi connectivity index (χ1v) is 6.88. The maximum atomic E-state index is 6.02. The standard InChI is InChI=1S/C15H23NO3/c1-4-9-18-15-11(16-2)10-14(15)19-13-8-6-5-7-12(13)17-3/h5-8,11,14-16H,4,9-10H2,1-3H3. The van der Waals surface area contributed by atoms with Crippen LogP contribution in [0.25, 0.3) is 0 Å². The summed E-state index contributed by atoms with van der Waals surface area (Å²) in [7, 11) is 3.62. The molecule has 4 heteroatoms. The van der Waals surface area contributed by atoms with E-state index in [1.165, 1.54) is 0 Å². The number of ether oxygens (including phenoxy) is 3. The van der Waals surface area contributed by atoms with Crippen LogP contribution >= 0.6 is 0 Å². The number of hydrogen-bond acceptors (Lipinski definition) is 4. The van der Waals surface area contributed by atoms with E-state index in [9.17, 15) is 0 Å². The van der Waals surface area contributed by atoms with Crippen molar-refractivity contribution < 1.29 is 14.2 Å². The molecule has 3 atom stereocenters. The maximum Gasteiger partial charge on any atom is 0.161 e. The summed E-state index contributed by atoms with van der Waals surface area (Å²) in [5.74, 6) is 1.55. The summed E-state index contributed by atoms with van der Waals surface area (Å²) < 4.78 is 17.2. The molecule has 19 heavy (non-hydrogen) atoms. The lowest BCUT2D eigenvalue weighted by molar-refractivity contribution is -0.106. The Morgan fingerprint density at radius 2 is 2.00 bits per heavy atom. The van der Waals surface area contributed by atoms with E-state index in [1.807, 2.05) is 31.3 Å².